The molecule has 0 spiro atoms. The van der Waals surface area contributed by atoms with Crippen molar-refractivity contribution in [2.24, 2.45) is 5.73 Å². The molecule has 7 heteroatoms. The second-order valence-electron chi connectivity index (χ2n) is 4.97. The number of hydrogen-bond donors (Lipinski definition) is 4. The van der Waals surface area contributed by atoms with Crippen molar-refractivity contribution in [3.05, 3.63) is 38.9 Å². The molecule has 7 nitrogen and oxygen atoms in total. The van der Waals surface area contributed by atoms with Gasteiger partial charge < -0.3 is 21.0 Å². The van der Waals surface area contributed by atoms with Gasteiger partial charge in [0.25, 0.3) is 0 Å². The third-order valence-electron chi connectivity index (χ3n) is 3.11. The molecular weight excluding hydrogens is 272 g/mol. The van der Waals surface area contributed by atoms with Gasteiger partial charge in [0, 0.05) is 18.2 Å². The summed E-state index contributed by atoms with van der Waals surface area (Å²) in [6.07, 6.45) is 1.97. The van der Waals surface area contributed by atoms with Crippen LogP contribution in [-0.2, 0) is 4.79 Å². The molecule has 21 heavy (non-hydrogen) atoms. The maximum atomic E-state index is 11.8. The van der Waals surface area contributed by atoms with Gasteiger partial charge in [0.2, 0.25) is 5.91 Å². The average Bonchev–Trinajstić information content (AvgIpc) is 2.40. The van der Waals surface area contributed by atoms with Gasteiger partial charge in [-0.15, -0.1) is 0 Å². The van der Waals surface area contributed by atoms with Crippen LogP contribution in [0, 0.1) is 0 Å². The van der Waals surface area contributed by atoms with Crippen molar-refractivity contribution in [2.45, 2.75) is 32.2 Å². The van der Waals surface area contributed by atoms with E-state index in [1.807, 2.05) is 6.92 Å². The molecule has 1 aromatic heterocycles. The molecule has 0 saturated heterocycles. The summed E-state index contributed by atoms with van der Waals surface area (Å²) < 4.78 is 0. The van der Waals surface area contributed by atoms with E-state index in [0.29, 0.717) is 16.7 Å². The number of fused-ring (bicyclic) bond motifs is 1. The van der Waals surface area contributed by atoms with E-state index in [4.69, 9.17) is 5.73 Å². The Morgan fingerprint density at radius 3 is 2.57 bits per heavy atom. The smallest absolute Gasteiger partial charge is 0.314 e. The molecule has 5 N–H and O–H groups in total. The van der Waals surface area contributed by atoms with Crippen LogP contribution in [0.15, 0.2) is 27.8 Å². The summed E-state index contributed by atoms with van der Waals surface area (Å²) in [4.78, 5) is 39.2. The molecule has 1 amide bonds. The molecule has 1 atom stereocenters. The van der Waals surface area contributed by atoms with Crippen molar-refractivity contribution >= 4 is 22.6 Å². The number of H-pyrrole nitrogens is 2. The summed E-state index contributed by atoms with van der Waals surface area (Å²) >= 11 is 0. The van der Waals surface area contributed by atoms with E-state index in [2.05, 4.69) is 15.3 Å². The topological polar surface area (TPSA) is 121 Å². The van der Waals surface area contributed by atoms with Crippen LogP contribution < -0.4 is 22.2 Å². The highest BCUT2D eigenvalue weighted by Crippen LogP contribution is 2.14. The van der Waals surface area contributed by atoms with Gasteiger partial charge in [-0.2, -0.15) is 0 Å². The second-order valence-corrected chi connectivity index (χ2v) is 4.97. The molecule has 0 saturated carbocycles. The summed E-state index contributed by atoms with van der Waals surface area (Å²) in [6.45, 7) is 2.01. The molecule has 0 bridgehead atoms. The normalized spacial score (nSPS) is 12.3. The van der Waals surface area contributed by atoms with Crippen LogP contribution in [0.4, 0.5) is 5.69 Å². The van der Waals surface area contributed by atoms with Gasteiger partial charge in [0.05, 0.1) is 11.0 Å². The molecule has 2 aromatic rings. The summed E-state index contributed by atoms with van der Waals surface area (Å²) in [5.74, 6) is -0.179. The Balaban J connectivity index is 2.16. The first-order valence-electron chi connectivity index (χ1n) is 6.81. The first-order valence-corrected chi connectivity index (χ1v) is 6.81. The van der Waals surface area contributed by atoms with Crippen molar-refractivity contribution in [3.8, 4) is 0 Å². The molecule has 0 radical (unpaired) electrons. The number of benzene rings is 1. The Kier molecular flexibility index (Phi) is 4.54. The molecule has 1 unspecified atom stereocenters. The first-order chi connectivity index (χ1) is 9.99. The van der Waals surface area contributed by atoms with Gasteiger partial charge in [-0.05, 0) is 24.6 Å². The fraction of sp³-hybridized carbons (Fsp3) is 0.357. The maximum absolute atomic E-state index is 11.8. The van der Waals surface area contributed by atoms with E-state index in [0.717, 1.165) is 12.8 Å². The lowest BCUT2D eigenvalue weighted by molar-refractivity contribution is -0.116. The van der Waals surface area contributed by atoms with Gasteiger partial charge >= 0.3 is 11.1 Å². The predicted octanol–water partition coefficient (Wildman–Crippen LogP) is 0.672. The number of rotatable bonds is 5. The Morgan fingerprint density at radius 2 is 1.90 bits per heavy atom. The van der Waals surface area contributed by atoms with Crippen LogP contribution in [0.1, 0.15) is 26.2 Å². The zero-order valence-electron chi connectivity index (χ0n) is 11.7. The van der Waals surface area contributed by atoms with Gasteiger partial charge in [-0.1, -0.05) is 13.3 Å². The molecule has 2 rings (SSSR count). The van der Waals surface area contributed by atoms with Gasteiger partial charge in [0.1, 0.15) is 0 Å². The third-order valence-corrected chi connectivity index (χ3v) is 3.11. The number of carbonyl (C=O) groups excluding carboxylic acids is 1. The van der Waals surface area contributed by atoms with Crippen molar-refractivity contribution in [1.29, 1.82) is 0 Å². The Morgan fingerprint density at radius 1 is 1.24 bits per heavy atom. The minimum Gasteiger partial charge on any atom is -0.327 e. The first kappa shape index (κ1) is 15.0. The van der Waals surface area contributed by atoms with Crippen molar-refractivity contribution in [2.75, 3.05) is 5.32 Å². The van der Waals surface area contributed by atoms with Crippen LogP contribution >= 0.6 is 0 Å². The van der Waals surface area contributed by atoms with Crippen LogP contribution in [0.3, 0.4) is 0 Å². The van der Waals surface area contributed by atoms with Crippen LogP contribution in [0.2, 0.25) is 0 Å². The molecular formula is C14H18N4O3. The van der Waals surface area contributed by atoms with E-state index < -0.39 is 11.1 Å². The van der Waals surface area contributed by atoms with Crippen LogP contribution in [0.25, 0.3) is 11.0 Å². The van der Waals surface area contributed by atoms with Crippen LogP contribution in [-0.4, -0.2) is 21.9 Å². The Bertz CT molecular complexity index is 763. The molecule has 0 aliphatic carbocycles. The maximum Gasteiger partial charge on any atom is 0.314 e. The van der Waals surface area contributed by atoms with Gasteiger partial charge in [-0.25, -0.2) is 0 Å². The Hall–Kier alpha value is -2.41. The fourth-order valence-electron chi connectivity index (χ4n) is 2.12. The zero-order chi connectivity index (χ0) is 15.4. The lowest BCUT2D eigenvalue weighted by atomic mass is 10.1. The van der Waals surface area contributed by atoms with Crippen molar-refractivity contribution in [1.82, 2.24) is 9.97 Å². The number of amides is 1. The average molecular weight is 290 g/mol. The fourth-order valence-corrected chi connectivity index (χ4v) is 2.12. The molecule has 112 valence electrons. The van der Waals surface area contributed by atoms with Crippen molar-refractivity contribution in [3.63, 3.8) is 0 Å². The molecule has 0 fully saturated rings. The molecule has 1 aromatic carbocycles. The highest BCUT2D eigenvalue weighted by molar-refractivity contribution is 5.93. The van der Waals surface area contributed by atoms with E-state index in [9.17, 15) is 14.4 Å². The standard InChI is InChI=1S/C14H18N4O3/c1-2-3-8(15)6-12(19)16-9-4-5-10-11(7-9)18-14(21)13(20)17-10/h4-5,7-8H,2-3,6,15H2,1H3,(H,16,19)(H,17,20)(H,18,21). The highest BCUT2D eigenvalue weighted by Gasteiger charge is 2.09. The quantitative estimate of drug-likeness (QED) is 0.605. The van der Waals surface area contributed by atoms with Gasteiger partial charge in [-0.3, -0.25) is 14.4 Å². The number of aromatic nitrogens is 2. The summed E-state index contributed by atoms with van der Waals surface area (Å²) in [6, 6.07) is 4.70. The zero-order valence-corrected chi connectivity index (χ0v) is 11.7. The largest absolute Gasteiger partial charge is 0.327 e. The lowest BCUT2D eigenvalue weighted by Crippen LogP contribution is -2.29. The summed E-state index contributed by atoms with van der Waals surface area (Å²) in [5.41, 5.74) is 5.88. The van der Waals surface area contributed by atoms with Crippen molar-refractivity contribution < 1.29 is 4.79 Å². The summed E-state index contributed by atoms with van der Waals surface area (Å²) in [5, 5.41) is 2.72. The number of nitrogens with one attached hydrogen (secondary N) is 3. The molecule has 1 heterocycles. The number of aromatic amines is 2. The SMILES string of the molecule is CCCC(N)CC(=O)Nc1ccc2[nH]c(=O)c(=O)[nH]c2c1. The number of anilines is 1. The minimum absolute atomic E-state index is 0.161. The van der Waals surface area contributed by atoms with E-state index in [1.54, 1.807) is 18.2 Å². The number of carbonyl (C=O) groups is 1. The number of nitrogens with two attached hydrogens (primary N) is 1. The Labute approximate surface area is 120 Å². The monoisotopic (exact) mass is 290 g/mol. The second kappa shape index (κ2) is 6.36. The van der Waals surface area contributed by atoms with E-state index in [1.165, 1.54) is 0 Å². The lowest BCUT2D eigenvalue weighted by Gasteiger charge is -2.11. The number of hydrogen-bond acceptors (Lipinski definition) is 4. The summed E-state index contributed by atoms with van der Waals surface area (Å²) in [7, 11) is 0. The highest BCUT2D eigenvalue weighted by atomic mass is 16.2. The van der Waals surface area contributed by atoms with Crippen LogP contribution in [0.5, 0.6) is 0 Å². The molecule has 0 aliphatic rings. The van der Waals surface area contributed by atoms with Gasteiger partial charge in [0.15, 0.2) is 0 Å². The molecule has 0 aliphatic heterocycles. The predicted molar refractivity (Wildman–Crippen MR) is 81.3 cm³/mol. The third kappa shape index (κ3) is 3.79. The minimum atomic E-state index is -0.726. The van der Waals surface area contributed by atoms with E-state index in [-0.39, 0.29) is 18.4 Å². The van der Waals surface area contributed by atoms with E-state index >= 15 is 0 Å².